The van der Waals surface area contributed by atoms with Gasteiger partial charge in [-0.15, -0.1) is 0 Å². The van der Waals surface area contributed by atoms with Gasteiger partial charge < -0.3 is 10.6 Å². The second-order valence-corrected chi connectivity index (χ2v) is 6.65. The van der Waals surface area contributed by atoms with Crippen molar-refractivity contribution >= 4 is 5.96 Å². The summed E-state index contributed by atoms with van der Waals surface area (Å²) in [5.74, 6) is 1.21. The largest absolute Gasteiger partial charge is 0.356 e. The van der Waals surface area contributed by atoms with E-state index in [0.29, 0.717) is 12.5 Å². The zero-order chi connectivity index (χ0) is 18.9. The first kappa shape index (κ1) is 18.7. The minimum absolute atomic E-state index is 0.415. The molecule has 1 atom stereocenters. The number of hydrogen-bond donors (Lipinski definition) is 2. The van der Waals surface area contributed by atoms with Gasteiger partial charge in [-0.3, -0.25) is 9.67 Å². The summed E-state index contributed by atoms with van der Waals surface area (Å²) >= 11 is 0. The Kier molecular flexibility index (Phi) is 6.63. The van der Waals surface area contributed by atoms with Crippen molar-refractivity contribution in [3.05, 3.63) is 89.7 Å². The summed E-state index contributed by atoms with van der Waals surface area (Å²) in [6, 6.07) is 20.9. The van der Waals surface area contributed by atoms with Crippen LogP contribution in [0.5, 0.6) is 0 Å². The minimum Gasteiger partial charge on any atom is -0.356 e. The maximum atomic E-state index is 4.45. The summed E-state index contributed by atoms with van der Waals surface area (Å²) in [5, 5.41) is 11.2. The van der Waals surface area contributed by atoms with Crippen LogP contribution in [0.4, 0.5) is 0 Å². The summed E-state index contributed by atoms with van der Waals surface area (Å²) < 4.78 is 1.96. The van der Waals surface area contributed by atoms with E-state index < -0.39 is 0 Å². The lowest BCUT2D eigenvalue weighted by Crippen LogP contribution is -2.38. The smallest absolute Gasteiger partial charge is 0.191 e. The van der Waals surface area contributed by atoms with Gasteiger partial charge in [0.25, 0.3) is 0 Å². The summed E-state index contributed by atoms with van der Waals surface area (Å²) in [5.41, 5.74) is 3.69. The number of guanidine groups is 1. The van der Waals surface area contributed by atoms with Crippen LogP contribution in [0.15, 0.2) is 78.0 Å². The first-order valence-electron chi connectivity index (χ1n) is 9.29. The second-order valence-electron chi connectivity index (χ2n) is 6.65. The molecule has 2 N–H and O–H groups in total. The van der Waals surface area contributed by atoms with Crippen molar-refractivity contribution in [2.75, 3.05) is 13.6 Å². The molecule has 0 aliphatic carbocycles. The molecule has 2 aromatic carbocycles. The van der Waals surface area contributed by atoms with E-state index >= 15 is 0 Å². The van der Waals surface area contributed by atoms with E-state index in [1.165, 1.54) is 11.1 Å². The molecular weight excluding hydrogens is 334 g/mol. The fraction of sp³-hybridized carbons (Fsp3) is 0.273. The van der Waals surface area contributed by atoms with E-state index in [1.54, 1.807) is 7.05 Å². The number of benzene rings is 2. The molecule has 1 heterocycles. The normalized spacial score (nSPS) is 12.6. The lowest BCUT2D eigenvalue weighted by molar-refractivity contribution is 0.684. The highest BCUT2D eigenvalue weighted by molar-refractivity contribution is 5.79. The van der Waals surface area contributed by atoms with Crippen molar-refractivity contribution in [2.24, 2.45) is 4.99 Å². The van der Waals surface area contributed by atoms with Crippen molar-refractivity contribution < 1.29 is 0 Å². The number of aliphatic imine (C=N–C) groups is 1. The molecule has 5 heteroatoms. The Hall–Kier alpha value is -3.08. The number of rotatable bonds is 7. The fourth-order valence-electron chi connectivity index (χ4n) is 2.91. The summed E-state index contributed by atoms with van der Waals surface area (Å²) in [4.78, 5) is 4.31. The quantitative estimate of drug-likeness (QED) is 0.501. The predicted molar refractivity (Wildman–Crippen MR) is 111 cm³/mol. The maximum Gasteiger partial charge on any atom is 0.191 e. The van der Waals surface area contributed by atoms with Gasteiger partial charge in [0.1, 0.15) is 0 Å². The van der Waals surface area contributed by atoms with Crippen LogP contribution < -0.4 is 10.6 Å². The molecular formula is C22H27N5. The molecule has 0 saturated heterocycles. The Morgan fingerprint density at radius 2 is 1.70 bits per heavy atom. The van der Waals surface area contributed by atoms with E-state index in [0.717, 1.165) is 24.6 Å². The van der Waals surface area contributed by atoms with Crippen molar-refractivity contribution in [3.63, 3.8) is 0 Å². The number of nitrogens with one attached hydrogen (secondary N) is 2. The molecule has 0 spiro atoms. The van der Waals surface area contributed by atoms with Crippen LogP contribution >= 0.6 is 0 Å². The van der Waals surface area contributed by atoms with Crippen molar-refractivity contribution in [1.29, 1.82) is 0 Å². The topological polar surface area (TPSA) is 54.2 Å². The molecule has 5 nitrogen and oxygen atoms in total. The van der Waals surface area contributed by atoms with Gasteiger partial charge in [0.15, 0.2) is 5.96 Å². The Balaban J connectivity index is 1.47. The first-order valence-corrected chi connectivity index (χ1v) is 9.29. The Labute approximate surface area is 161 Å². The van der Waals surface area contributed by atoms with Gasteiger partial charge >= 0.3 is 0 Å². The highest BCUT2D eigenvalue weighted by Gasteiger charge is 2.07. The molecule has 140 valence electrons. The number of aromatic nitrogens is 2. The van der Waals surface area contributed by atoms with Gasteiger partial charge in [0.05, 0.1) is 12.7 Å². The van der Waals surface area contributed by atoms with E-state index in [4.69, 9.17) is 0 Å². The minimum atomic E-state index is 0.415. The van der Waals surface area contributed by atoms with E-state index in [2.05, 4.69) is 70.2 Å². The third-order valence-electron chi connectivity index (χ3n) is 4.50. The summed E-state index contributed by atoms with van der Waals surface area (Å²) in [6.07, 6.45) is 3.97. The van der Waals surface area contributed by atoms with Crippen LogP contribution in [0.2, 0.25) is 0 Å². The summed E-state index contributed by atoms with van der Waals surface area (Å²) in [7, 11) is 1.79. The zero-order valence-corrected chi connectivity index (χ0v) is 16.0. The van der Waals surface area contributed by atoms with Crippen LogP contribution in [-0.2, 0) is 13.1 Å². The third kappa shape index (κ3) is 5.71. The molecule has 0 bridgehead atoms. The highest BCUT2D eigenvalue weighted by atomic mass is 15.3. The molecule has 0 saturated carbocycles. The molecule has 3 aromatic rings. The maximum absolute atomic E-state index is 4.45. The Morgan fingerprint density at radius 1 is 1.00 bits per heavy atom. The lowest BCUT2D eigenvalue weighted by Gasteiger charge is -2.16. The van der Waals surface area contributed by atoms with Gasteiger partial charge in [-0.05, 0) is 17.0 Å². The highest BCUT2D eigenvalue weighted by Crippen LogP contribution is 2.12. The standard InChI is InChI=1S/C22H27N5/c1-18(21-11-7-4-8-12-21)13-24-22(23-2)25-14-20-15-26-27(17-20)16-19-9-5-3-6-10-19/h3-12,15,17-18H,13-14,16H2,1-2H3,(H2,23,24,25). The van der Waals surface area contributed by atoms with Crippen LogP contribution in [0.3, 0.4) is 0 Å². The van der Waals surface area contributed by atoms with E-state index in [1.807, 2.05) is 35.1 Å². The van der Waals surface area contributed by atoms with Gasteiger partial charge in [-0.1, -0.05) is 67.6 Å². The average Bonchev–Trinajstić information content (AvgIpc) is 3.16. The number of nitrogens with zero attached hydrogens (tertiary/aromatic N) is 3. The van der Waals surface area contributed by atoms with Crippen molar-refractivity contribution in [1.82, 2.24) is 20.4 Å². The second kappa shape index (κ2) is 9.57. The number of hydrogen-bond acceptors (Lipinski definition) is 2. The molecule has 0 aliphatic heterocycles. The van der Waals surface area contributed by atoms with E-state index in [9.17, 15) is 0 Å². The van der Waals surface area contributed by atoms with Gasteiger partial charge in [-0.25, -0.2) is 0 Å². The van der Waals surface area contributed by atoms with Crippen LogP contribution in [0, 0.1) is 0 Å². The molecule has 1 unspecified atom stereocenters. The van der Waals surface area contributed by atoms with Crippen molar-refractivity contribution in [2.45, 2.75) is 25.9 Å². The lowest BCUT2D eigenvalue weighted by atomic mass is 10.0. The molecule has 27 heavy (non-hydrogen) atoms. The Morgan fingerprint density at radius 3 is 2.41 bits per heavy atom. The van der Waals surface area contributed by atoms with Crippen LogP contribution in [0.1, 0.15) is 29.5 Å². The molecule has 0 amide bonds. The Bertz CT molecular complexity index is 839. The van der Waals surface area contributed by atoms with Gasteiger partial charge in [-0.2, -0.15) is 5.10 Å². The monoisotopic (exact) mass is 361 g/mol. The van der Waals surface area contributed by atoms with Gasteiger partial charge in [0, 0.05) is 31.9 Å². The third-order valence-corrected chi connectivity index (χ3v) is 4.50. The van der Waals surface area contributed by atoms with Gasteiger partial charge in [0.2, 0.25) is 0 Å². The molecule has 0 fully saturated rings. The zero-order valence-electron chi connectivity index (χ0n) is 16.0. The molecule has 0 radical (unpaired) electrons. The average molecular weight is 361 g/mol. The molecule has 0 aliphatic rings. The first-order chi connectivity index (χ1) is 13.2. The van der Waals surface area contributed by atoms with Crippen molar-refractivity contribution in [3.8, 4) is 0 Å². The molecule has 3 rings (SSSR count). The SMILES string of the molecule is CN=C(NCc1cnn(Cc2ccccc2)c1)NCC(C)c1ccccc1. The summed E-state index contributed by atoms with van der Waals surface area (Å²) in [6.45, 7) is 4.51. The molecule has 1 aromatic heterocycles. The van der Waals surface area contributed by atoms with Crippen LogP contribution in [-0.4, -0.2) is 29.3 Å². The fourth-order valence-corrected chi connectivity index (χ4v) is 2.91. The van der Waals surface area contributed by atoms with Crippen LogP contribution in [0.25, 0.3) is 0 Å². The van der Waals surface area contributed by atoms with E-state index in [-0.39, 0.29) is 0 Å². The predicted octanol–water partition coefficient (Wildman–Crippen LogP) is 3.40.